The summed E-state index contributed by atoms with van der Waals surface area (Å²) in [4.78, 5) is 34.9. The van der Waals surface area contributed by atoms with Gasteiger partial charge < -0.3 is 30.9 Å². The number of hydrogen-bond acceptors (Lipinski definition) is 10. The van der Waals surface area contributed by atoms with Gasteiger partial charge in [-0.1, -0.05) is 18.2 Å². The maximum absolute atomic E-state index is 12.3. The zero-order valence-electron chi connectivity index (χ0n) is 22.0. The van der Waals surface area contributed by atoms with Crippen LogP contribution in [0.25, 0.3) is 22.2 Å². The van der Waals surface area contributed by atoms with Crippen LogP contribution in [0, 0.1) is 0 Å². The molecule has 11 heteroatoms. The summed E-state index contributed by atoms with van der Waals surface area (Å²) in [6, 6.07) is 13.2. The van der Waals surface area contributed by atoms with E-state index >= 15 is 0 Å². The van der Waals surface area contributed by atoms with E-state index in [2.05, 4.69) is 30.5 Å². The topological polar surface area (TPSA) is 134 Å². The number of likely N-dealkylation sites (N-methyl/N-ethyl adjacent to an activating group) is 1. The quantitative estimate of drug-likeness (QED) is 0.294. The smallest absolute Gasteiger partial charge is 0.248 e. The van der Waals surface area contributed by atoms with Gasteiger partial charge >= 0.3 is 0 Å². The molecule has 4 aromatic rings. The molecule has 3 aromatic heterocycles. The molecule has 0 saturated carbocycles. The lowest BCUT2D eigenvalue weighted by Crippen LogP contribution is -2.36. The van der Waals surface area contributed by atoms with E-state index in [1.54, 1.807) is 18.5 Å². The van der Waals surface area contributed by atoms with Crippen LogP contribution in [0.5, 0.6) is 0 Å². The Bertz CT molecular complexity index is 1480. The number of carbonyl (C=O) groups excluding carboxylic acids is 1. The third-order valence-electron chi connectivity index (χ3n) is 6.13. The fourth-order valence-electron chi connectivity index (χ4n) is 4.21. The van der Waals surface area contributed by atoms with Crippen molar-refractivity contribution in [3.8, 4) is 11.3 Å². The molecule has 1 fully saturated rings. The molecule has 1 amide bonds. The van der Waals surface area contributed by atoms with Gasteiger partial charge in [0.05, 0.1) is 30.8 Å². The van der Waals surface area contributed by atoms with E-state index in [1.807, 2.05) is 61.5 Å². The van der Waals surface area contributed by atoms with Crippen LogP contribution in [-0.4, -0.2) is 77.7 Å². The van der Waals surface area contributed by atoms with Crippen molar-refractivity contribution < 1.29 is 9.53 Å². The summed E-state index contributed by atoms with van der Waals surface area (Å²) in [7, 11) is 3.89. The summed E-state index contributed by atoms with van der Waals surface area (Å²) in [5.74, 6) is 1.37. The molecule has 0 atom stereocenters. The fourth-order valence-corrected chi connectivity index (χ4v) is 4.21. The number of carbonyl (C=O) groups is 1. The number of ether oxygens (including phenoxy) is 1. The van der Waals surface area contributed by atoms with Crippen LogP contribution in [0.1, 0.15) is 0 Å². The van der Waals surface area contributed by atoms with Gasteiger partial charge in [0.25, 0.3) is 0 Å². The van der Waals surface area contributed by atoms with Crippen molar-refractivity contribution >= 4 is 45.8 Å². The van der Waals surface area contributed by atoms with Crippen molar-refractivity contribution in [2.45, 2.75) is 0 Å². The number of rotatable bonds is 8. The predicted octanol–water partition coefficient (Wildman–Crippen LogP) is 3.31. The number of anilines is 5. The summed E-state index contributed by atoms with van der Waals surface area (Å²) in [5.41, 5.74) is 9.73. The molecule has 11 nitrogen and oxygen atoms in total. The molecule has 0 radical (unpaired) electrons. The van der Waals surface area contributed by atoms with Crippen LogP contribution in [0.15, 0.2) is 67.0 Å². The third kappa shape index (κ3) is 6.46. The molecular formula is C28H31N9O2. The number of amides is 1. The number of nitrogens with zero attached hydrogens (tertiary/aromatic N) is 6. The normalized spacial score (nSPS) is 13.8. The van der Waals surface area contributed by atoms with Crippen molar-refractivity contribution in [3.63, 3.8) is 0 Å². The number of hydrogen-bond donors (Lipinski definition) is 3. The third-order valence-corrected chi connectivity index (χ3v) is 6.13. The maximum atomic E-state index is 12.3. The lowest BCUT2D eigenvalue weighted by molar-refractivity contribution is -0.111. The first-order valence-corrected chi connectivity index (χ1v) is 12.7. The van der Waals surface area contributed by atoms with Crippen LogP contribution >= 0.6 is 0 Å². The van der Waals surface area contributed by atoms with Gasteiger partial charge in [-0.25, -0.2) is 9.97 Å². The van der Waals surface area contributed by atoms with Gasteiger partial charge in [0.15, 0.2) is 0 Å². The fraction of sp³-hybridized carbons (Fsp3) is 0.250. The second kappa shape index (κ2) is 11.8. The summed E-state index contributed by atoms with van der Waals surface area (Å²) in [6.45, 7) is 3.71. The van der Waals surface area contributed by atoms with Gasteiger partial charge in [0.2, 0.25) is 11.9 Å². The molecule has 1 aromatic carbocycles. The van der Waals surface area contributed by atoms with Crippen LogP contribution in [-0.2, 0) is 9.53 Å². The molecule has 0 bridgehead atoms. The molecular weight excluding hydrogens is 494 g/mol. The Balaban J connectivity index is 1.39. The van der Waals surface area contributed by atoms with Crippen LogP contribution in [0.3, 0.4) is 0 Å². The molecule has 1 aliphatic rings. The highest BCUT2D eigenvalue weighted by molar-refractivity contribution is 6.01. The van der Waals surface area contributed by atoms with Crippen molar-refractivity contribution in [1.29, 1.82) is 0 Å². The largest absolute Gasteiger partial charge is 0.383 e. The second-order valence-electron chi connectivity index (χ2n) is 9.35. The van der Waals surface area contributed by atoms with Crippen molar-refractivity contribution in [2.75, 3.05) is 68.2 Å². The highest BCUT2D eigenvalue weighted by Gasteiger charge is 2.15. The SMILES string of the molecule is CN(C)C/C=C/C(=O)Nc1cccc(-c2nccc3c(N)nc(Nc4ccc(N5CCOCC5)nc4)nc23)c1. The molecule has 1 aliphatic heterocycles. The molecule has 39 heavy (non-hydrogen) atoms. The Morgan fingerprint density at radius 2 is 1.95 bits per heavy atom. The number of aromatic nitrogens is 4. The van der Waals surface area contributed by atoms with Crippen LogP contribution < -0.4 is 21.3 Å². The van der Waals surface area contributed by atoms with E-state index in [0.29, 0.717) is 53.8 Å². The van der Waals surface area contributed by atoms with E-state index in [9.17, 15) is 4.79 Å². The minimum atomic E-state index is -0.203. The van der Waals surface area contributed by atoms with E-state index < -0.39 is 0 Å². The molecule has 0 unspecified atom stereocenters. The average Bonchev–Trinajstić information content (AvgIpc) is 2.94. The number of nitrogens with two attached hydrogens (primary N) is 1. The molecule has 0 aliphatic carbocycles. The van der Waals surface area contributed by atoms with Gasteiger partial charge in [0.1, 0.15) is 17.2 Å². The van der Waals surface area contributed by atoms with Gasteiger partial charge in [-0.05, 0) is 44.4 Å². The zero-order valence-corrected chi connectivity index (χ0v) is 22.0. The number of pyridine rings is 2. The van der Waals surface area contributed by atoms with Crippen LogP contribution in [0.2, 0.25) is 0 Å². The van der Waals surface area contributed by atoms with E-state index in [-0.39, 0.29) is 5.91 Å². The monoisotopic (exact) mass is 525 g/mol. The highest BCUT2D eigenvalue weighted by Crippen LogP contribution is 2.30. The number of nitrogen functional groups attached to an aromatic ring is 1. The number of morpholine rings is 1. The van der Waals surface area contributed by atoms with Gasteiger partial charge in [-0.3, -0.25) is 9.78 Å². The minimum absolute atomic E-state index is 0.203. The first-order chi connectivity index (χ1) is 19.0. The Hall–Kier alpha value is -4.61. The van der Waals surface area contributed by atoms with Crippen molar-refractivity contribution in [2.24, 2.45) is 0 Å². The summed E-state index contributed by atoms with van der Waals surface area (Å²) in [6.07, 6.45) is 6.76. The molecule has 4 heterocycles. The first-order valence-electron chi connectivity index (χ1n) is 12.7. The van der Waals surface area contributed by atoms with Gasteiger partial charge in [0, 0.05) is 48.5 Å². The summed E-state index contributed by atoms with van der Waals surface area (Å²) in [5, 5.41) is 6.79. The highest BCUT2D eigenvalue weighted by atomic mass is 16.5. The van der Waals surface area contributed by atoms with Crippen LogP contribution in [0.4, 0.5) is 29.0 Å². The lowest BCUT2D eigenvalue weighted by Gasteiger charge is -2.27. The second-order valence-corrected chi connectivity index (χ2v) is 9.35. The Labute approximate surface area is 226 Å². The Kier molecular flexibility index (Phi) is 7.90. The lowest BCUT2D eigenvalue weighted by atomic mass is 10.1. The average molecular weight is 526 g/mol. The van der Waals surface area contributed by atoms with E-state index in [1.165, 1.54) is 6.08 Å². The summed E-state index contributed by atoms with van der Waals surface area (Å²) >= 11 is 0. The maximum Gasteiger partial charge on any atom is 0.248 e. The van der Waals surface area contributed by atoms with E-state index in [0.717, 1.165) is 30.2 Å². The van der Waals surface area contributed by atoms with Gasteiger partial charge in [-0.15, -0.1) is 0 Å². The Morgan fingerprint density at radius 3 is 2.72 bits per heavy atom. The Morgan fingerprint density at radius 1 is 1.10 bits per heavy atom. The summed E-state index contributed by atoms with van der Waals surface area (Å²) < 4.78 is 5.42. The number of benzene rings is 1. The predicted molar refractivity (Wildman–Crippen MR) is 154 cm³/mol. The first kappa shape index (κ1) is 26.0. The van der Waals surface area contributed by atoms with E-state index in [4.69, 9.17) is 15.5 Å². The zero-order chi connectivity index (χ0) is 27.2. The number of nitrogens with one attached hydrogen (secondary N) is 2. The van der Waals surface area contributed by atoms with Gasteiger partial charge in [-0.2, -0.15) is 4.98 Å². The minimum Gasteiger partial charge on any atom is -0.383 e. The standard InChI is InChI=1S/C28H31N9O2/c1-36(2)12-4-7-24(38)32-20-6-3-5-19(17-20)25-26-22(10-11-30-25)27(29)35-28(34-26)33-21-8-9-23(31-18-21)37-13-15-39-16-14-37/h3-11,17-18H,12-16H2,1-2H3,(H,32,38)(H3,29,33,34,35)/b7-4+. The van der Waals surface area contributed by atoms with Crippen molar-refractivity contribution in [1.82, 2.24) is 24.8 Å². The molecule has 5 rings (SSSR count). The molecule has 200 valence electrons. The number of fused-ring (bicyclic) bond motifs is 1. The van der Waals surface area contributed by atoms with Crippen molar-refractivity contribution in [3.05, 3.63) is 67.0 Å². The molecule has 4 N–H and O–H groups in total. The molecule has 0 spiro atoms. The molecule has 1 saturated heterocycles.